The summed E-state index contributed by atoms with van der Waals surface area (Å²) in [6.07, 6.45) is 0. The Bertz CT molecular complexity index is 1050. The fraction of sp³-hybridized carbons (Fsp3) is 0.0833. The Labute approximate surface area is 163 Å². The van der Waals surface area contributed by atoms with Crippen molar-refractivity contribution in [3.63, 3.8) is 0 Å². The number of aliphatic hydroxyl groups is 1. The van der Waals surface area contributed by atoms with Crippen molar-refractivity contribution in [2.75, 3.05) is 4.90 Å². The van der Waals surface area contributed by atoms with Crippen molar-refractivity contribution in [3.05, 3.63) is 107 Å². The highest BCUT2D eigenvalue weighted by Crippen LogP contribution is 2.41. The van der Waals surface area contributed by atoms with Crippen molar-refractivity contribution < 1.29 is 14.7 Å². The Kier molecular flexibility index (Phi) is 4.53. The molecular weight excluding hydrogens is 350 g/mol. The van der Waals surface area contributed by atoms with Crippen molar-refractivity contribution in [2.45, 2.75) is 13.0 Å². The number of nitrogens with zero attached hydrogens (tertiary/aromatic N) is 1. The summed E-state index contributed by atoms with van der Waals surface area (Å²) in [4.78, 5) is 27.4. The maximum atomic E-state index is 13.0. The number of anilines is 1. The van der Waals surface area contributed by atoms with Crippen LogP contribution in [-0.4, -0.2) is 16.8 Å². The zero-order valence-corrected chi connectivity index (χ0v) is 15.4. The number of rotatable bonds is 3. The van der Waals surface area contributed by atoms with Gasteiger partial charge in [-0.3, -0.25) is 14.5 Å². The normalized spacial score (nSPS) is 18.5. The Morgan fingerprint density at radius 2 is 1.39 bits per heavy atom. The van der Waals surface area contributed by atoms with Gasteiger partial charge in [-0.25, -0.2) is 0 Å². The van der Waals surface area contributed by atoms with Gasteiger partial charge in [-0.05, 0) is 24.6 Å². The maximum absolute atomic E-state index is 13.0. The molecule has 3 aromatic rings. The minimum Gasteiger partial charge on any atom is -0.507 e. The van der Waals surface area contributed by atoms with Crippen LogP contribution < -0.4 is 4.90 Å². The minimum atomic E-state index is -0.691. The van der Waals surface area contributed by atoms with Crippen LogP contribution >= 0.6 is 0 Å². The summed E-state index contributed by atoms with van der Waals surface area (Å²) < 4.78 is 0. The van der Waals surface area contributed by atoms with Gasteiger partial charge in [0.05, 0.1) is 11.6 Å². The number of hydrogen-bond donors (Lipinski definition) is 1. The van der Waals surface area contributed by atoms with Crippen LogP contribution in [0.25, 0.3) is 5.76 Å². The summed E-state index contributed by atoms with van der Waals surface area (Å²) in [6.45, 7) is 1.96. The average molecular weight is 369 g/mol. The van der Waals surface area contributed by atoms with E-state index in [0.717, 1.165) is 11.1 Å². The van der Waals surface area contributed by atoms with E-state index in [1.807, 2.05) is 67.6 Å². The molecule has 1 saturated heterocycles. The number of aryl methyl sites for hydroxylation is 1. The van der Waals surface area contributed by atoms with Crippen LogP contribution in [-0.2, 0) is 9.59 Å². The molecule has 0 radical (unpaired) electrons. The number of Topliss-reactive ketones (excluding diaryl/α,β-unsaturated/α-hetero) is 1. The number of amides is 1. The van der Waals surface area contributed by atoms with Crippen molar-refractivity contribution in [1.29, 1.82) is 0 Å². The van der Waals surface area contributed by atoms with E-state index in [1.165, 1.54) is 4.90 Å². The molecule has 0 unspecified atom stereocenters. The maximum Gasteiger partial charge on any atom is 0.300 e. The number of ketones is 1. The Hall–Kier alpha value is -3.66. The first-order valence-electron chi connectivity index (χ1n) is 9.06. The van der Waals surface area contributed by atoms with Gasteiger partial charge in [-0.15, -0.1) is 0 Å². The van der Waals surface area contributed by atoms with E-state index in [2.05, 4.69) is 0 Å². The zero-order chi connectivity index (χ0) is 19.7. The van der Waals surface area contributed by atoms with Crippen molar-refractivity contribution in [2.24, 2.45) is 0 Å². The third-order valence-corrected chi connectivity index (χ3v) is 4.92. The highest BCUT2D eigenvalue weighted by molar-refractivity contribution is 6.51. The predicted molar refractivity (Wildman–Crippen MR) is 109 cm³/mol. The molecule has 0 saturated carbocycles. The molecule has 1 aliphatic rings. The molecule has 4 nitrogen and oxygen atoms in total. The van der Waals surface area contributed by atoms with Crippen LogP contribution in [0.15, 0.2) is 90.5 Å². The molecule has 0 bridgehead atoms. The van der Waals surface area contributed by atoms with E-state index in [-0.39, 0.29) is 11.3 Å². The zero-order valence-electron chi connectivity index (χ0n) is 15.4. The first-order chi connectivity index (χ1) is 13.6. The second kappa shape index (κ2) is 7.16. The van der Waals surface area contributed by atoms with Crippen LogP contribution in [0.3, 0.4) is 0 Å². The molecule has 138 valence electrons. The number of aliphatic hydroxyl groups excluding tert-OH is 1. The molecule has 4 heteroatoms. The van der Waals surface area contributed by atoms with Crippen LogP contribution in [0, 0.1) is 6.92 Å². The monoisotopic (exact) mass is 369 g/mol. The third-order valence-electron chi connectivity index (χ3n) is 4.92. The van der Waals surface area contributed by atoms with Gasteiger partial charge in [-0.2, -0.15) is 0 Å². The summed E-state index contributed by atoms with van der Waals surface area (Å²) in [5, 5.41) is 10.9. The molecule has 0 aliphatic carbocycles. The highest BCUT2D eigenvalue weighted by atomic mass is 16.3. The van der Waals surface area contributed by atoms with E-state index in [0.29, 0.717) is 11.3 Å². The molecular formula is C24H19NO3. The van der Waals surface area contributed by atoms with Gasteiger partial charge in [0.25, 0.3) is 11.7 Å². The van der Waals surface area contributed by atoms with E-state index in [9.17, 15) is 14.7 Å². The summed E-state index contributed by atoms with van der Waals surface area (Å²) in [5.74, 6) is -1.49. The summed E-state index contributed by atoms with van der Waals surface area (Å²) >= 11 is 0. The average Bonchev–Trinajstić information content (AvgIpc) is 3.00. The fourth-order valence-corrected chi connectivity index (χ4v) is 3.51. The van der Waals surface area contributed by atoms with E-state index in [1.54, 1.807) is 24.3 Å². The smallest absolute Gasteiger partial charge is 0.300 e. The second-order valence-corrected chi connectivity index (χ2v) is 6.78. The number of carbonyl (C=O) groups excluding carboxylic acids is 2. The third kappa shape index (κ3) is 2.99. The van der Waals surface area contributed by atoms with Crippen LogP contribution in [0.4, 0.5) is 5.69 Å². The SMILES string of the molecule is Cc1ccc(N2C(=O)C(=O)/C(=C(/O)c3ccccc3)[C@H]2c2ccccc2)cc1. The summed E-state index contributed by atoms with van der Waals surface area (Å²) in [5.41, 5.74) is 3.04. The summed E-state index contributed by atoms with van der Waals surface area (Å²) in [6, 6.07) is 24.9. The molecule has 1 N–H and O–H groups in total. The highest BCUT2D eigenvalue weighted by Gasteiger charge is 2.46. The Morgan fingerprint density at radius 1 is 0.821 bits per heavy atom. The lowest BCUT2D eigenvalue weighted by molar-refractivity contribution is -0.132. The molecule has 1 fully saturated rings. The number of benzene rings is 3. The van der Waals surface area contributed by atoms with Gasteiger partial charge < -0.3 is 5.11 Å². The van der Waals surface area contributed by atoms with Crippen molar-refractivity contribution >= 4 is 23.1 Å². The standard InChI is InChI=1S/C24H19NO3/c1-16-12-14-19(15-13-16)25-21(17-8-4-2-5-9-17)20(23(27)24(25)28)22(26)18-10-6-3-7-11-18/h2-15,21,26H,1H3/b22-20+/t21-/m1/s1. The van der Waals surface area contributed by atoms with Gasteiger partial charge in [-0.1, -0.05) is 78.4 Å². The minimum absolute atomic E-state index is 0.1000. The fourth-order valence-electron chi connectivity index (χ4n) is 3.51. The number of hydrogen-bond acceptors (Lipinski definition) is 3. The van der Waals surface area contributed by atoms with Gasteiger partial charge in [0.2, 0.25) is 0 Å². The molecule has 1 amide bonds. The molecule has 0 spiro atoms. The lowest BCUT2D eigenvalue weighted by Gasteiger charge is -2.25. The lowest BCUT2D eigenvalue weighted by Crippen LogP contribution is -2.29. The topological polar surface area (TPSA) is 57.6 Å². The van der Waals surface area contributed by atoms with Crippen LogP contribution in [0.5, 0.6) is 0 Å². The molecule has 1 heterocycles. The molecule has 28 heavy (non-hydrogen) atoms. The van der Waals surface area contributed by atoms with E-state index >= 15 is 0 Å². The van der Waals surface area contributed by atoms with Crippen molar-refractivity contribution in [3.8, 4) is 0 Å². The first-order valence-corrected chi connectivity index (χ1v) is 9.06. The van der Waals surface area contributed by atoms with Crippen LogP contribution in [0.1, 0.15) is 22.7 Å². The van der Waals surface area contributed by atoms with Gasteiger partial charge in [0.15, 0.2) is 0 Å². The molecule has 1 atom stereocenters. The first kappa shape index (κ1) is 17.7. The molecule has 0 aromatic heterocycles. The number of carbonyl (C=O) groups is 2. The molecule has 3 aromatic carbocycles. The Balaban J connectivity index is 1.94. The van der Waals surface area contributed by atoms with Gasteiger partial charge in [0.1, 0.15) is 5.76 Å². The van der Waals surface area contributed by atoms with Crippen molar-refractivity contribution in [1.82, 2.24) is 0 Å². The Morgan fingerprint density at radius 3 is 2.00 bits per heavy atom. The second-order valence-electron chi connectivity index (χ2n) is 6.78. The lowest BCUT2D eigenvalue weighted by atomic mass is 9.95. The van der Waals surface area contributed by atoms with Gasteiger partial charge in [0, 0.05) is 11.3 Å². The summed E-state index contributed by atoms with van der Waals surface area (Å²) in [7, 11) is 0. The van der Waals surface area contributed by atoms with Crippen LogP contribution in [0.2, 0.25) is 0 Å². The van der Waals surface area contributed by atoms with Gasteiger partial charge >= 0.3 is 0 Å². The van der Waals surface area contributed by atoms with E-state index in [4.69, 9.17) is 0 Å². The molecule has 4 rings (SSSR count). The quantitative estimate of drug-likeness (QED) is 0.416. The molecule has 1 aliphatic heterocycles. The van der Waals surface area contributed by atoms with E-state index < -0.39 is 17.7 Å². The predicted octanol–water partition coefficient (Wildman–Crippen LogP) is 4.62. The largest absolute Gasteiger partial charge is 0.507 e.